The van der Waals surface area contributed by atoms with Gasteiger partial charge in [-0.3, -0.25) is 14.5 Å². The lowest BCUT2D eigenvalue weighted by Crippen LogP contribution is -2.39. The number of aliphatic hydroxyl groups is 1. The number of β-amino-alcohol motifs (C(OH)–C–C–N with tert-alkyl or cyclic N) is 1. The van der Waals surface area contributed by atoms with Gasteiger partial charge in [0, 0.05) is 37.2 Å². The number of ether oxygens (including phenoxy) is 2. The Morgan fingerprint density at radius 3 is 2.61 bits per heavy atom. The molecular formula is C30H30F2N4O8. The number of hydrogen-bond acceptors (Lipinski definition) is 8. The van der Waals surface area contributed by atoms with E-state index in [1.807, 2.05) is 0 Å². The molecule has 0 bridgehead atoms. The summed E-state index contributed by atoms with van der Waals surface area (Å²) in [7, 11) is 0. The molecule has 0 spiro atoms. The third-order valence-electron chi connectivity index (χ3n) is 8.12. The quantitative estimate of drug-likeness (QED) is 0.332. The summed E-state index contributed by atoms with van der Waals surface area (Å²) in [6, 6.07) is 6.49. The normalized spacial score (nSPS) is 21.5. The maximum absolute atomic E-state index is 15.3. The molecule has 14 heteroatoms. The molecule has 44 heavy (non-hydrogen) atoms. The van der Waals surface area contributed by atoms with E-state index in [1.165, 1.54) is 36.2 Å². The Morgan fingerprint density at radius 2 is 1.93 bits per heavy atom. The fourth-order valence-corrected chi connectivity index (χ4v) is 5.67. The first kappa shape index (κ1) is 29.4. The molecule has 232 valence electrons. The lowest BCUT2D eigenvalue weighted by Gasteiger charge is -2.25. The summed E-state index contributed by atoms with van der Waals surface area (Å²) in [5, 5.41) is 23.2. The SMILES string of the molecule is CC(=O)NCC1CN(c2ccc(OCC3(O)CCN(c4cc5c(cc4F)c(=O)c(C(=O)O)cn5C4CC4)C3)c(F)c2)C(=O)O1. The Kier molecular flexibility index (Phi) is 7.40. The van der Waals surface area contributed by atoms with E-state index in [0.29, 0.717) is 5.52 Å². The number of aromatic nitrogens is 1. The van der Waals surface area contributed by atoms with Crippen LogP contribution in [0.15, 0.2) is 41.3 Å². The van der Waals surface area contributed by atoms with E-state index < -0.39 is 46.4 Å². The zero-order chi connectivity index (χ0) is 31.3. The maximum atomic E-state index is 15.3. The Balaban J connectivity index is 1.15. The number of hydrogen-bond donors (Lipinski definition) is 3. The van der Waals surface area contributed by atoms with Crippen LogP contribution in [0.2, 0.25) is 0 Å². The molecule has 6 rings (SSSR count). The summed E-state index contributed by atoms with van der Waals surface area (Å²) in [4.78, 5) is 50.6. The number of carbonyl (C=O) groups is 3. The molecule has 3 heterocycles. The number of carbonyl (C=O) groups excluding carboxylic acids is 2. The third kappa shape index (κ3) is 5.64. The summed E-state index contributed by atoms with van der Waals surface area (Å²) in [6.45, 7) is 1.52. The maximum Gasteiger partial charge on any atom is 0.414 e. The zero-order valence-electron chi connectivity index (χ0n) is 23.7. The van der Waals surface area contributed by atoms with Crippen molar-refractivity contribution < 1.29 is 42.9 Å². The van der Waals surface area contributed by atoms with Gasteiger partial charge < -0.3 is 34.5 Å². The third-order valence-corrected chi connectivity index (χ3v) is 8.12. The fourth-order valence-electron chi connectivity index (χ4n) is 5.67. The second kappa shape index (κ2) is 11.1. The largest absolute Gasteiger partial charge is 0.487 e. The van der Waals surface area contributed by atoms with Gasteiger partial charge in [-0.25, -0.2) is 18.4 Å². The molecule has 2 atom stereocenters. The minimum atomic E-state index is -1.45. The van der Waals surface area contributed by atoms with E-state index in [2.05, 4.69) is 5.32 Å². The van der Waals surface area contributed by atoms with E-state index in [1.54, 1.807) is 9.47 Å². The van der Waals surface area contributed by atoms with Crippen LogP contribution in [0.5, 0.6) is 5.75 Å². The van der Waals surface area contributed by atoms with Crippen molar-refractivity contribution in [2.24, 2.45) is 0 Å². The second-order valence-electron chi connectivity index (χ2n) is 11.5. The van der Waals surface area contributed by atoms with Gasteiger partial charge in [0.15, 0.2) is 11.6 Å². The summed E-state index contributed by atoms with van der Waals surface area (Å²) in [5.74, 6) is -3.29. The highest BCUT2D eigenvalue weighted by Gasteiger charge is 2.39. The van der Waals surface area contributed by atoms with Crippen molar-refractivity contribution in [3.63, 3.8) is 0 Å². The zero-order valence-corrected chi connectivity index (χ0v) is 23.7. The molecule has 0 radical (unpaired) electrons. The first-order chi connectivity index (χ1) is 20.9. The van der Waals surface area contributed by atoms with Crippen LogP contribution in [0, 0.1) is 11.6 Å². The van der Waals surface area contributed by atoms with Gasteiger partial charge in [-0.15, -0.1) is 0 Å². The van der Waals surface area contributed by atoms with Crippen molar-refractivity contribution in [2.45, 2.75) is 43.9 Å². The molecule has 2 amide bonds. The van der Waals surface area contributed by atoms with Crippen LogP contribution in [0.4, 0.5) is 25.0 Å². The van der Waals surface area contributed by atoms with Crippen molar-refractivity contribution in [3.05, 3.63) is 63.9 Å². The second-order valence-corrected chi connectivity index (χ2v) is 11.5. The van der Waals surface area contributed by atoms with E-state index in [-0.39, 0.29) is 73.7 Å². The average molecular weight is 613 g/mol. The lowest BCUT2D eigenvalue weighted by atomic mass is 10.1. The van der Waals surface area contributed by atoms with Crippen LogP contribution in [0.25, 0.3) is 10.9 Å². The number of anilines is 2. The monoisotopic (exact) mass is 612 g/mol. The molecule has 12 nitrogen and oxygen atoms in total. The van der Waals surface area contributed by atoms with E-state index in [0.717, 1.165) is 25.0 Å². The number of fused-ring (bicyclic) bond motifs is 1. The summed E-state index contributed by atoms with van der Waals surface area (Å²) >= 11 is 0. The molecular weight excluding hydrogens is 582 g/mol. The lowest BCUT2D eigenvalue weighted by molar-refractivity contribution is -0.119. The highest BCUT2D eigenvalue weighted by Crippen LogP contribution is 2.39. The molecule has 1 aliphatic carbocycles. The molecule has 3 aromatic rings. The minimum Gasteiger partial charge on any atom is -0.487 e. The van der Waals surface area contributed by atoms with Gasteiger partial charge in [-0.1, -0.05) is 0 Å². The van der Waals surface area contributed by atoms with Crippen LogP contribution in [-0.2, 0) is 9.53 Å². The highest BCUT2D eigenvalue weighted by atomic mass is 19.1. The van der Waals surface area contributed by atoms with Gasteiger partial charge in [0.1, 0.15) is 29.7 Å². The van der Waals surface area contributed by atoms with Crippen LogP contribution >= 0.6 is 0 Å². The van der Waals surface area contributed by atoms with E-state index in [9.17, 15) is 33.8 Å². The fraction of sp³-hybridized carbons (Fsp3) is 0.400. The topological polar surface area (TPSA) is 151 Å². The number of amides is 2. The minimum absolute atomic E-state index is 0.0148. The Labute approximate surface area is 249 Å². The number of carboxylic acids is 1. The number of rotatable bonds is 9. The number of benzene rings is 2. The van der Waals surface area contributed by atoms with Gasteiger partial charge >= 0.3 is 12.1 Å². The number of nitrogens with one attached hydrogen (secondary N) is 1. The molecule has 2 saturated heterocycles. The number of cyclic esters (lactones) is 1. The van der Waals surface area contributed by atoms with Crippen molar-refractivity contribution in [1.29, 1.82) is 0 Å². The molecule has 1 saturated carbocycles. The van der Waals surface area contributed by atoms with E-state index in [4.69, 9.17) is 9.47 Å². The number of carboxylic acid groups (broad SMARTS) is 1. The molecule has 3 aliphatic rings. The number of pyridine rings is 1. The standard InChI is InChI=1S/C30H30F2N4O8/c1-16(37)33-11-19-12-36(29(41)44-19)18-4-5-26(23(32)8-18)43-15-30(42)6-7-34(14-30)25-10-24-20(9-22(25)31)27(38)21(28(39)40)13-35(24)17-2-3-17/h4-5,8-10,13,17,19,42H,2-3,6-7,11-12,14-15H2,1H3,(H,33,37)(H,39,40). The van der Waals surface area contributed by atoms with Gasteiger partial charge in [0.05, 0.1) is 36.5 Å². The first-order valence-electron chi connectivity index (χ1n) is 14.2. The number of nitrogens with zero attached hydrogens (tertiary/aromatic N) is 3. The van der Waals surface area contributed by atoms with Crippen LogP contribution < -0.4 is 25.3 Å². The van der Waals surface area contributed by atoms with Crippen LogP contribution in [0.3, 0.4) is 0 Å². The molecule has 3 N–H and O–H groups in total. The van der Waals surface area contributed by atoms with E-state index >= 15 is 4.39 Å². The first-order valence-corrected chi connectivity index (χ1v) is 14.2. The predicted molar refractivity (Wildman–Crippen MR) is 153 cm³/mol. The molecule has 2 aliphatic heterocycles. The Bertz CT molecular complexity index is 1740. The molecule has 2 unspecified atom stereocenters. The number of aromatic carboxylic acids is 1. The smallest absolute Gasteiger partial charge is 0.414 e. The number of halogens is 2. The molecule has 3 fully saturated rings. The highest BCUT2D eigenvalue weighted by molar-refractivity contribution is 5.94. The average Bonchev–Trinajstić information content (AvgIpc) is 3.64. The summed E-state index contributed by atoms with van der Waals surface area (Å²) < 4.78 is 42.8. The molecule has 2 aromatic carbocycles. The molecule has 1 aromatic heterocycles. The van der Waals surface area contributed by atoms with Crippen molar-refractivity contribution >= 4 is 40.2 Å². The Morgan fingerprint density at radius 1 is 1.16 bits per heavy atom. The van der Waals surface area contributed by atoms with Crippen molar-refractivity contribution in [3.8, 4) is 5.75 Å². The summed E-state index contributed by atoms with van der Waals surface area (Å²) in [6.07, 6.45) is 1.85. The van der Waals surface area contributed by atoms with Crippen molar-refractivity contribution in [2.75, 3.05) is 42.6 Å². The van der Waals surface area contributed by atoms with Gasteiger partial charge in [0.2, 0.25) is 11.3 Å². The van der Waals surface area contributed by atoms with Gasteiger partial charge in [-0.2, -0.15) is 0 Å². The summed E-state index contributed by atoms with van der Waals surface area (Å²) in [5.41, 5.74) is -1.84. The van der Waals surface area contributed by atoms with Crippen LogP contribution in [-0.4, -0.2) is 77.2 Å². The predicted octanol–water partition coefficient (Wildman–Crippen LogP) is 2.79. The van der Waals surface area contributed by atoms with Gasteiger partial charge in [-0.05, 0) is 43.5 Å². The van der Waals surface area contributed by atoms with Gasteiger partial charge in [0.25, 0.3) is 0 Å². The van der Waals surface area contributed by atoms with Crippen LogP contribution in [0.1, 0.15) is 42.6 Å². The van der Waals surface area contributed by atoms with Crippen molar-refractivity contribution in [1.82, 2.24) is 9.88 Å². The Hall–Kier alpha value is -4.72.